The maximum atomic E-state index is 10.5. The van der Waals surface area contributed by atoms with Crippen molar-refractivity contribution in [3.63, 3.8) is 0 Å². The van der Waals surface area contributed by atoms with Crippen molar-refractivity contribution in [3.05, 3.63) is 125 Å². The maximum Gasteiger partial charge on any atom is 0.200 e. The lowest BCUT2D eigenvalue weighted by Crippen LogP contribution is -2.10. The molecule has 6 nitrogen and oxygen atoms in total. The summed E-state index contributed by atoms with van der Waals surface area (Å²) in [5.41, 5.74) is 8.49. The lowest BCUT2D eigenvalue weighted by molar-refractivity contribution is 0.410. The Labute approximate surface area is 318 Å². The molecule has 0 spiro atoms. The zero-order chi connectivity index (χ0) is 40.1. The summed E-state index contributed by atoms with van der Waals surface area (Å²) in [7, 11) is 0. The summed E-state index contributed by atoms with van der Waals surface area (Å²) >= 11 is 0. The Bertz CT molecular complexity index is 3090. The van der Waals surface area contributed by atoms with Gasteiger partial charge in [0, 0.05) is 25.9 Å². The van der Waals surface area contributed by atoms with Crippen molar-refractivity contribution in [1.82, 2.24) is 14.5 Å². The van der Waals surface area contributed by atoms with Gasteiger partial charge in [-0.1, -0.05) is 121 Å². The van der Waals surface area contributed by atoms with Crippen LogP contribution in [-0.4, -0.2) is 14.5 Å². The van der Waals surface area contributed by atoms with E-state index in [1.165, 1.54) is 11.1 Å². The predicted octanol–water partition coefficient (Wildman–Crippen LogP) is 13.3. The van der Waals surface area contributed by atoms with Crippen LogP contribution in [0.5, 0.6) is 0 Å². The van der Waals surface area contributed by atoms with Gasteiger partial charge in [0.2, 0.25) is 5.89 Å². The molecule has 0 unspecified atom stereocenters. The minimum atomic E-state index is -2.69. The standard InChI is InChI=1S/C48H42N4O2/c1-26(2)35-23-31(29-15-10-9-11-16-29)24-36(27(3)4)41(35)52-42-32-18-13-12-17-30(32)21-22-38(42)50-46(52)34-20-14-19-33-39-40-45(54-47(51-40)48(6,7)8)37(25-49)28(5)43(39)53-44(33)34/h9-24,26-27H,1-8H3/i5D3. The molecule has 9 aromatic rings. The smallest absolute Gasteiger partial charge is 0.200 e. The molecule has 0 saturated carbocycles. The number of fused-ring (bicyclic) bond motifs is 8. The lowest BCUT2D eigenvalue weighted by atomic mass is 9.88. The topological polar surface area (TPSA) is 80.8 Å². The quantitative estimate of drug-likeness (QED) is 0.178. The third-order valence-electron chi connectivity index (χ3n) is 10.6. The van der Waals surface area contributed by atoms with Crippen molar-refractivity contribution in [2.75, 3.05) is 0 Å². The molecule has 0 atom stereocenters. The van der Waals surface area contributed by atoms with Crippen LogP contribution in [0.4, 0.5) is 0 Å². The summed E-state index contributed by atoms with van der Waals surface area (Å²) in [4.78, 5) is 10.3. The summed E-state index contributed by atoms with van der Waals surface area (Å²) in [6.07, 6.45) is 0. The van der Waals surface area contributed by atoms with Crippen LogP contribution in [-0.2, 0) is 5.41 Å². The number of oxazole rings is 1. The van der Waals surface area contributed by atoms with Gasteiger partial charge >= 0.3 is 0 Å². The molecular weight excluding hydrogens is 665 g/mol. The molecule has 3 aromatic heterocycles. The Morgan fingerprint density at radius 2 is 1.44 bits per heavy atom. The van der Waals surface area contributed by atoms with E-state index in [1.54, 1.807) is 0 Å². The molecule has 3 heterocycles. The van der Waals surface area contributed by atoms with Gasteiger partial charge in [0.25, 0.3) is 0 Å². The third kappa shape index (κ3) is 4.99. The van der Waals surface area contributed by atoms with Gasteiger partial charge in [0.05, 0.1) is 27.7 Å². The molecule has 6 aromatic carbocycles. The number of imidazole rings is 1. The van der Waals surface area contributed by atoms with E-state index in [-0.39, 0.29) is 34.1 Å². The third-order valence-corrected chi connectivity index (χ3v) is 10.6. The Hall–Kier alpha value is -6.19. The van der Waals surface area contributed by atoms with Gasteiger partial charge in [-0.2, -0.15) is 5.26 Å². The number of para-hydroxylation sites is 1. The number of hydrogen-bond acceptors (Lipinski definition) is 5. The van der Waals surface area contributed by atoms with E-state index >= 15 is 0 Å². The zero-order valence-electron chi connectivity index (χ0n) is 34.5. The number of hydrogen-bond donors (Lipinski definition) is 0. The first-order valence-corrected chi connectivity index (χ1v) is 18.5. The molecule has 9 rings (SSSR count). The molecule has 266 valence electrons. The van der Waals surface area contributed by atoms with Gasteiger partial charge in [-0.05, 0) is 70.6 Å². The molecule has 0 radical (unpaired) electrons. The average Bonchev–Trinajstić information content (AvgIpc) is 3.90. The van der Waals surface area contributed by atoms with Crippen LogP contribution in [0.3, 0.4) is 0 Å². The van der Waals surface area contributed by atoms with Gasteiger partial charge < -0.3 is 8.83 Å². The van der Waals surface area contributed by atoms with Crippen LogP contribution < -0.4 is 0 Å². The van der Waals surface area contributed by atoms with Crippen molar-refractivity contribution < 1.29 is 12.9 Å². The van der Waals surface area contributed by atoms with Gasteiger partial charge in [0.15, 0.2) is 5.58 Å². The zero-order valence-corrected chi connectivity index (χ0v) is 31.5. The average molecular weight is 710 g/mol. The van der Waals surface area contributed by atoms with E-state index in [4.69, 9.17) is 22.9 Å². The summed E-state index contributed by atoms with van der Waals surface area (Å²) in [6, 6.07) is 35.6. The second kappa shape index (κ2) is 12.2. The summed E-state index contributed by atoms with van der Waals surface area (Å²) in [5.74, 6) is 1.35. The Morgan fingerprint density at radius 3 is 2.13 bits per heavy atom. The van der Waals surface area contributed by atoms with Crippen LogP contribution in [0, 0.1) is 18.2 Å². The molecular formula is C48H42N4O2. The fourth-order valence-electron chi connectivity index (χ4n) is 7.87. The van der Waals surface area contributed by atoms with Gasteiger partial charge in [-0.3, -0.25) is 4.57 Å². The van der Waals surface area contributed by atoms with Crippen LogP contribution in [0.15, 0.2) is 106 Å². The van der Waals surface area contributed by atoms with Crippen LogP contribution >= 0.6 is 0 Å². The highest BCUT2D eigenvalue weighted by Gasteiger charge is 2.30. The number of benzene rings is 6. The number of nitriles is 1. The molecule has 0 aliphatic carbocycles. The Kier molecular flexibility index (Phi) is 6.83. The number of aryl methyl sites for hydroxylation is 1. The fourth-order valence-corrected chi connectivity index (χ4v) is 7.87. The summed E-state index contributed by atoms with van der Waals surface area (Å²) in [5, 5.41) is 13.8. The first kappa shape index (κ1) is 30.3. The molecule has 0 aliphatic rings. The predicted molar refractivity (Wildman–Crippen MR) is 221 cm³/mol. The van der Waals surface area contributed by atoms with Gasteiger partial charge in [-0.15, -0.1) is 0 Å². The highest BCUT2D eigenvalue weighted by atomic mass is 16.4. The normalized spacial score (nSPS) is 13.4. The molecule has 0 bridgehead atoms. The minimum Gasteiger partial charge on any atom is -0.455 e. The first-order chi connectivity index (χ1) is 27.2. The van der Waals surface area contributed by atoms with Crippen LogP contribution in [0.25, 0.3) is 83.0 Å². The largest absolute Gasteiger partial charge is 0.455 e. The Balaban J connectivity index is 1.46. The van der Waals surface area contributed by atoms with E-state index < -0.39 is 12.3 Å². The van der Waals surface area contributed by atoms with E-state index in [9.17, 15) is 5.26 Å². The number of furan rings is 1. The van der Waals surface area contributed by atoms with E-state index in [0.29, 0.717) is 39.2 Å². The minimum absolute atomic E-state index is 0.0959. The Morgan fingerprint density at radius 1 is 0.741 bits per heavy atom. The van der Waals surface area contributed by atoms with E-state index in [0.717, 1.165) is 38.6 Å². The first-order valence-electron chi connectivity index (χ1n) is 20.0. The van der Waals surface area contributed by atoms with Crippen molar-refractivity contribution in [2.45, 2.75) is 72.6 Å². The van der Waals surface area contributed by atoms with Crippen LogP contribution in [0.1, 0.15) is 92.6 Å². The van der Waals surface area contributed by atoms with Crippen molar-refractivity contribution in [1.29, 1.82) is 5.26 Å². The van der Waals surface area contributed by atoms with Gasteiger partial charge in [-0.25, -0.2) is 9.97 Å². The van der Waals surface area contributed by atoms with Crippen molar-refractivity contribution >= 4 is 54.8 Å². The molecule has 0 aliphatic heterocycles. The fraction of sp³-hybridized carbons (Fsp3) is 0.229. The molecule has 0 fully saturated rings. The molecule has 6 heteroatoms. The molecule has 0 amide bonds. The molecule has 0 N–H and O–H groups in total. The number of rotatable bonds is 5. The van der Waals surface area contributed by atoms with Crippen LogP contribution in [0.2, 0.25) is 0 Å². The lowest BCUT2D eigenvalue weighted by Gasteiger charge is -2.24. The van der Waals surface area contributed by atoms with E-state index in [1.807, 2.05) is 51.1 Å². The summed E-state index contributed by atoms with van der Waals surface area (Å²) < 4.78 is 41.3. The highest BCUT2D eigenvalue weighted by Crippen LogP contribution is 2.46. The van der Waals surface area contributed by atoms with E-state index in [2.05, 4.69) is 105 Å². The second-order valence-corrected chi connectivity index (χ2v) is 15.9. The molecule has 54 heavy (non-hydrogen) atoms. The summed E-state index contributed by atoms with van der Waals surface area (Å²) in [6.45, 7) is 12.1. The van der Waals surface area contributed by atoms with Crippen molar-refractivity contribution in [3.8, 4) is 34.3 Å². The SMILES string of the molecule is [2H]C([2H])([2H])c1c(C#N)c2oc(C(C)(C)C)nc2c2c1oc1c(-c3nc4ccc5ccccc5c4n3-c3c(C(C)C)cc(-c4ccccc4)cc3C(C)C)cccc12. The monoisotopic (exact) mass is 709 g/mol. The van der Waals surface area contributed by atoms with Crippen molar-refractivity contribution in [2.24, 2.45) is 0 Å². The highest BCUT2D eigenvalue weighted by molar-refractivity contribution is 6.21. The maximum absolute atomic E-state index is 10.5. The number of nitrogens with zero attached hydrogens (tertiary/aromatic N) is 4. The number of aromatic nitrogens is 3. The molecule has 0 saturated heterocycles. The van der Waals surface area contributed by atoms with Gasteiger partial charge in [0.1, 0.15) is 34.1 Å². The second-order valence-electron chi connectivity index (χ2n) is 15.9.